The van der Waals surface area contributed by atoms with Crippen LogP contribution in [0.2, 0.25) is 0 Å². The summed E-state index contributed by atoms with van der Waals surface area (Å²) in [7, 11) is 0. The lowest BCUT2D eigenvalue weighted by atomic mass is 10.1. The maximum atomic E-state index is 12.2. The van der Waals surface area contributed by atoms with Gasteiger partial charge in [0.25, 0.3) is 5.56 Å². The fourth-order valence-corrected chi connectivity index (χ4v) is 2.68. The molecule has 8 heteroatoms. The fraction of sp³-hybridized carbons (Fsp3) is 0.238. The zero-order chi connectivity index (χ0) is 20.8. The van der Waals surface area contributed by atoms with Gasteiger partial charge >= 0.3 is 11.9 Å². The number of hydrogen-bond acceptors (Lipinski definition) is 7. The average Bonchev–Trinajstić information content (AvgIpc) is 2.72. The molecule has 29 heavy (non-hydrogen) atoms. The van der Waals surface area contributed by atoms with E-state index >= 15 is 0 Å². The first-order valence-electron chi connectivity index (χ1n) is 9.11. The molecule has 1 aromatic carbocycles. The third-order valence-electron chi connectivity index (χ3n) is 3.94. The highest BCUT2D eigenvalue weighted by Gasteiger charge is 2.15. The second kappa shape index (κ2) is 9.01. The van der Waals surface area contributed by atoms with Crippen LogP contribution in [0.3, 0.4) is 0 Å². The van der Waals surface area contributed by atoms with Crippen LogP contribution in [0.4, 0.5) is 0 Å². The Balaban J connectivity index is 1.88. The van der Waals surface area contributed by atoms with Gasteiger partial charge in [0, 0.05) is 12.3 Å². The van der Waals surface area contributed by atoms with E-state index in [2.05, 4.69) is 4.98 Å². The molecule has 3 rings (SSSR count). The second-order valence-electron chi connectivity index (χ2n) is 5.99. The van der Waals surface area contributed by atoms with Gasteiger partial charge in [-0.15, -0.1) is 0 Å². The molecule has 0 bridgehead atoms. The lowest BCUT2D eigenvalue weighted by Gasteiger charge is -2.11. The van der Waals surface area contributed by atoms with E-state index < -0.39 is 11.9 Å². The predicted molar refractivity (Wildman–Crippen MR) is 104 cm³/mol. The van der Waals surface area contributed by atoms with Gasteiger partial charge in [0.1, 0.15) is 18.0 Å². The molecule has 0 saturated carbocycles. The number of nitrogens with zero attached hydrogens (tertiary/aromatic N) is 2. The van der Waals surface area contributed by atoms with E-state index in [0.717, 1.165) is 0 Å². The number of aromatic nitrogens is 2. The van der Waals surface area contributed by atoms with Crippen molar-refractivity contribution >= 4 is 17.6 Å². The summed E-state index contributed by atoms with van der Waals surface area (Å²) in [5.74, 6) is -0.898. The van der Waals surface area contributed by atoms with Gasteiger partial charge in [-0.2, -0.15) is 0 Å². The minimum Gasteiger partial charge on any atom is -0.487 e. The van der Waals surface area contributed by atoms with Crippen LogP contribution in [-0.2, 0) is 16.1 Å². The highest BCUT2D eigenvalue weighted by Crippen LogP contribution is 2.20. The van der Waals surface area contributed by atoms with Crippen LogP contribution >= 0.6 is 0 Å². The highest BCUT2D eigenvalue weighted by molar-refractivity contribution is 5.96. The summed E-state index contributed by atoms with van der Waals surface area (Å²) in [6, 6.07) is 10.9. The maximum absolute atomic E-state index is 12.2. The van der Waals surface area contributed by atoms with Crippen molar-refractivity contribution in [3.63, 3.8) is 0 Å². The van der Waals surface area contributed by atoms with Crippen molar-refractivity contribution in [1.82, 2.24) is 9.38 Å². The van der Waals surface area contributed by atoms with E-state index in [1.165, 1.54) is 28.7 Å². The van der Waals surface area contributed by atoms with Crippen LogP contribution in [0.1, 0.15) is 40.3 Å². The molecule has 0 spiro atoms. The Bertz CT molecular complexity index is 1070. The Morgan fingerprint density at radius 1 is 0.966 bits per heavy atom. The number of hydrogen-bond donors (Lipinski definition) is 0. The van der Waals surface area contributed by atoms with Gasteiger partial charge in [0.05, 0.1) is 30.0 Å². The number of ether oxygens (including phenoxy) is 3. The minimum absolute atomic E-state index is 0.0187. The molecule has 0 amide bonds. The second-order valence-corrected chi connectivity index (χ2v) is 5.99. The largest absolute Gasteiger partial charge is 0.487 e. The molecule has 0 atom stereocenters. The Hall–Kier alpha value is -3.68. The van der Waals surface area contributed by atoms with Crippen molar-refractivity contribution in [3.05, 3.63) is 75.8 Å². The minimum atomic E-state index is -0.578. The summed E-state index contributed by atoms with van der Waals surface area (Å²) in [6.45, 7) is 3.76. The van der Waals surface area contributed by atoms with Crippen LogP contribution in [0, 0.1) is 0 Å². The van der Waals surface area contributed by atoms with Gasteiger partial charge in [0.2, 0.25) is 0 Å². The number of rotatable bonds is 7. The van der Waals surface area contributed by atoms with Crippen LogP contribution in [0.25, 0.3) is 5.65 Å². The predicted octanol–water partition coefficient (Wildman–Crippen LogP) is 2.63. The van der Waals surface area contributed by atoms with Crippen molar-refractivity contribution in [3.8, 4) is 5.75 Å². The first-order chi connectivity index (χ1) is 14.0. The monoisotopic (exact) mass is 396 g/mol. The molecule has 0 fully saturated rings. The van der Waals surface area contributed by atoms with Gasteiger partial charge in [-0.25, -0.2) is 14.6 Å². The molecular formula is C21H20N2O6. The number of esters is 2. The van der Waals surface area contributed by atoms with E-state index in [1.807, 2.05) is 0 Å². The molecule has 150 valence electrons. The van der Waals surface area contributed by atoms with Crippen LogP contribution in [-0.4, -0.2) is 34.5 Å². The summed E-state index contributed by atoms with van der Waals surface area (Å²) in [4.78, 5) is 40.8. The molecule has 8 nitrogen and oxygen atoms in total. The fourth-order valence-electron chi connectivity index (χ4n) is 2.68. The molecule has 0 saturated heterocycles. The zero-order valence-electron chi connectivity index (χ0n) is 16.1. The lowest BCUT2D eigenvalue weighted by Crippen LogP contribution is -2.16. The average molecular weight is 396 g/mol. The summed E-state index contributed by atoms with van der Waals surface area (Å²) < 4.78 is 17.1. The van der Waals surface area contributed by atoms with Crippen LogP contribution in [0.15, 0.2) is 53.5 Å². The SMILES string of the molecule is CCOC(=O)c1cc(OCc2cc(=O)n3ccccc3n2)cc(C(=O)OCC)c1. The van der Waals surface area contributed by atoms with Crippen molar-refractivity contribution in [2.75, 3.05) is 13.2 Å². The lowest BCUT2D eigenvalue weighted by molar-refractivity contribution is 0.0524. The van der Waals surface area contributed by atoms with E-state index in [1.54, 1.807) is 38.2 Å². The molecule has 0 aliphatic carbocycles. The molecule has 0 aliphatic heterocycles. The van der Waals surface area contributed by atoms with Gasteiger partial charge < -0.3 is 14.2 Å². The van der Waals surface area contributed by atoms with E-state index in [9.17, 15) is 14.4 Å². The normalized spacial score (nSPS) is 10.6. The number of pyridine rings is 1. The third-order valence-corrected chi connectivity index (χ3v) is 3.94. The first kappa shape index (κ1) is 20.1. The van der Waals surface area contributed by atoms with Crippen molar-refractivity contribution in [2.45, 2.75) is 20.5 Å². The van der Waals surface area contributed by atoms with Crippen LogP contribution < -0.4 is 10.3 Å². The standard InChI is InChI=1S/C21H20N2O6/c1-3-27-20(25)14-9-15(21(26)28-4-2)11-17(10-14)29-13-16-12-19(24)23-8-6-5-7-18(23)22-16/h5-12H,3-4,13H2,1-2H3. The molecule has 0 aliphatic rings. The maximum Gasteiger partial charge on any atom is 0.338 e. The van der Waals surface area contributed by atoms with E-state index in [-0.39, 0.29) is 42.3 Å². The number of carbonyl (C=O) groups is 2. The first-order valence-corrected chi connectivity index (χ1v) is 9.11. The Morgan fingerprint density at radius 3 is 2.24 bits per heavy atom. The van der Waals surface area contributed by atoms with E-state index in [0.29, 0.717) is 11.3 Å². The zero-order valence-corrected chi connectivity index (χ0v) is 16.1. The van der Waals surface area contributed by atoms with Gasteiger partial charge in [0.15, 0.2) is 0 Å². The summed E-state index contributed by atoms with van der Waals surface area (Å²) >= 11 is 0. The Morgan fingerprint density at radius 2 is 1.62 bits per heavy atom. The van der Waals surface area contributed by atoms with Gasteiger partial charge in [-0.05, 0) is 44.2 Å². The topological polar surface area (TPSA) is 96.2 Å². The van der Waals surface area contributed by atoms with Crippen molar-refractivity contribution < 1.29 is 23.8 Å². The number of fused-ring (bicyclic) bond motifs is 1. The molecule has 0 unspecified atom stereocenters. The van der Waals surface area contributed by atoms with Crippen molar-refractivity contribution in [1.29, 1.82) is 0 Å². The number of benzene rings is 1. The smallest absolute Gasteiger partial charge is 0.338 e. The van der Waals surface area contributed by atoms with E-state index in [4.69, 9.17) is 14.2 Å². The summed E-state index contributed by atoms with van der Waals surface area (Å²) in [6.07, 6.45) is 1.63. The summed E-state index contributed by atoms with van der Waals surface area (Å²) in [5, 5.41) is 0. The molecule has 2 aromatic heterocycles. The number of carbonyl (C=O) groups excluding carboxylic acids is 2. The van der Waals surface area contributed by atoms with Gasteiger partial charge in [-0.1, -0.05) is 6.07 Å². The molecule has 0 N–H and O–H groups in total. The summed E-state index contributed by atoms with van der Waals surface area (Å²) in [5.41, 5.74) is 1.01. The Labute approximate surface area is 166 Å². The molecule has 0 radical (unpaired) electrons. The highest BCUT2D eigenvalue weighted by atomic mass is 16.5. The van der Waals surface area contributed by atoms with Crippen LogP contribution in [0.5, 0.6) is 5.75 Å². The quantitative estimate of drug-likeness (QED) is 0.567. The third kappa shape index (κ3) is 4.78. The molecule has 2 heterocycles. The molecular weight excluding hydrogens is 376 g/mol. The Kier molecular flexibility index (Phi) is 6.23. The van der Waals surface area contributed by atoms with Gasteiger partial charge in [-0.3, -0.25) is 9.20 Å². The molecule has 3 aromatic rings. The van der Waals surface area contributed by atoms with Crippen molar-refractivity contribution in [2.24, 2.45) is 0 Å².